The Hall–Kier alpha value is -3.08. The van der Waals surface area contributed by atoms with Crippen LogP contribution < -0.4 is 10.2 Å². The summed E-state index contributed by atoms with van der Waals surface area (Å²) in [6, 6.07) is 14.9. The summed E-state index contributed by atoms with van der Waals surface area (Å²) in [6.07, 6.45) is 3.37. The number of hydrogen-bond donors (Lipinski definition) is 2. The van der Waals surface area contributed by atoms with Crippen molar-refractivity contribution in [1.82, 2.24) is 10.4 Å². The number of rotatable bonds is 4. The third kappa shape index (κ3) is 2.69. The Balaban J connectivity index is 1.77. The molecule has 0 spiro atoms. The summed E-state index contributed by atoms with van der Waals surface area (Å²) in [6.45, 7) is 0. The lowest BCUT2D eigenvalue weighted by Gasteiger charge is -2.04. The molecule has 0 aliphatic heterocycles. The van der Waals surface area contributed by atoms with E-state index >= 15 is 0 Å². The van der Waals surface area contributed by atoms with Gasteiger partial charge in [0.25, 0.3) is 5.91 Å². The van der Waals surface area contributed by atoms with E-state index in [1.54, 1.807) is 25.6 Å². The summed E-state index contributed by atoms with van der Waals surface area (Å²) in [5.41, 5.74) is 4.68. The number of hydrazone groups is 1. The van der Waals surface area contributed by atoms with Crippen LogP contribution in [-0.4, -0.2) is 24.2 Å². The predicted molar refractivity (Wildman–Crippen MR) is 86.4 cm³/mol. The summed E-state index contributed by atoms with van der Waals surface area (Å²) in [5.74, 6) is 0.436. The molecule has 22 heavy (non-hydrogen) atoms. The van der Waals surface area contributed by atoms with Crippen molar-refractivity contribution in [2.24, 2.45) is 5.10 Å². The fourth-order valence-corrected chi connectivity index (χ4v) is 2.27. The highest BCUT2D eigenvalue weighted by Gasteiger charge is 2.09. The van der Waals surface area contributed by atoms with Gasteiger partial charge in [-0.05, 0) is 24.3 Å². The molecule has 0 atom stereocenters. The number of amides is 1. The highest BCUT2D eigenvalue weighted by molar-refractivity contribution is 6.05. The third-order valence-corrected chi connectivity index (χ3v) is 3.34. The van der Waals surface area contributed by atoms with E-state index in [0.29, 0.717) is 11.3 Å². The second-order valence-electron chi connectivity index (χ2n) is 4.69. The fraction of sp³-hybridized carbons (Fsp3) is 0.0588. The molecule has 0 aliphatic carbocycles. The molecule has 0 saturated heterocycles. The van der Waals surface area contributed by atoms with Crippen molar-refractivity contribution in [2.45, 2.75) is 0 Å². The van der Waals surface area contributed by atoms with Gasteiger partial charge >= 0.3 is 0 Å². The van der Waals surface area contributed by atoms with Crippen molar-refractivity contribution in [3.05, 3.63) is 65.9 Å². The molecule has 1 amide bonds. The molecule has 110 valence electrons. The number of aromatic amines is 1. The number of nitrogens with zero attached hydrogens (tertiary/aromatic N) is 1. The third-order valence-electron chi connectivity index (χ3n) is 3.34. The van der Waals surface area contributed by atoms with Crippen LogP contribution in [0.25, 0.3) is 10.9 Å². The number of H-pyrrole nitrogens is 1. The molecule has 3 aromatic rings. The summed E-state index contributed by atoms with van der Waals surface area (Å²) >= 11 is 0. The average Bonchev–Trinajstić information content (AvgIpc) is 3.03. The van der Waals surface area contributed by atoms with Gasteiger partial charge in [-0.1, -0.05) is 24.3 Å². The Morgan fingerprint density at radius 3 is 2.91 bits per heavy atom. The van der Waals surface area contributed by atoms with Crippen LogP contribution in [0.4, 0.5) is 0 Å². The minimum atomic E-state index is -0.265. The van der Waals surface area contributed by atoms with E-state index in [4.69, 9.17) is 4.74 Å². The van der Waals surface area contributed by atoms with Gasteiger partial charge in [-0.15, -0.1) is 0 Å². The SMILES string of the molecule is COc1ccccc1/C=N\NC(=O)c1cccc2cc[nH]c12. The molecule has 1 aromatic heterocycles. The molecular weight excluding hydrogens is 278 g/mol. The number of nitrogens with one attached hydrogen (secondary N) is 2. The average molecular weight is 293 g/mol. The number of carbonyl (C=O) groups excluding carboxylic acids is 1. The Labute approximate surface area is 127 Å². The number of carbonyl (C=O) groups is 1. The number of fused-ring (bicyclic) bond motifs is 1. The number of hydrogen-bond acceptors (Lipinski definition) is 3. The lowest BCUT2D eigenvalue weighted by atomic mass is 10.1. The van der Waals surface area contributed by atoms with Crippen LogP contribution in [0, 0.1) is 0 Å². The van der Waals surface area contributed by atoms with Crippen molar-refractivity contribution in [3.63, 3.8) is 0 Å². The van der Waals surface area contributed by atoms with E-state index in [-0.39, 0.29) is 5.91 Å². The normalized spacial score (nSPS) is 11.0. The van der Waals surface area contributed by atoms with Gasteiger partial charge in [0.1, 0.15) is 5.75 Å². The quantitative estimate of drug-likeness (QED) is 0.573. The molecule has 0 saturated carbocycles. The topological polar surface area (TPSA) is 66.5 Å². The van der Waals surface area contributed by atoms with Crippen molar-refractivity contribution >= 4 is 23.0 Å². The van der Waals surface area contributed by atoms with Gasteiger partial charge in [0.15, 0.2) is 0 Å². The molecule has 0 radical (unpaired) electrons. The summed E-state index contributed by atoms with van der Waals surface area (Å²) < 4.78 is 5.23. The first-order chi connectivity index (χ1) is 10.8. The van der Waals surface area contributed by atoms with Gasteiger partial charge in [-0.2, -0.15) is 5.10 Å². The minimum absolute atomic E-state index is 0.265. The predicted octanol–water partition coefficient (Wildman–Crippen LogP) is 2.94. The summed E-state index contributed by atoms with van der Waals surface area (Å²) in [5, 5.41) is 4.99. The van der Waals surface area contributed by atoms with Crippen molar-refractivity contribution in [1.29, 1.82) is 0 Å². The van der Waals surface area contributed by atoms with Crippen LogP contribution in [-0.2, 0) is 0 Å². The standard InChI is InChI=1S/C17H15N3O2/c1-22-15-8-3-2-5-13(15)11-19-20-17(21)14-7-4-6-12-9-10-18-16(12)14/h2-11,18H,1H3,(H,20,21)/b19-11-. The maximum atomic E-state index is 12.2. The summed E-state index contributed by atoms with van der Waals surface area (Å²) in [7, 11) is 1.59. The molecule has 0 aliphatic rings. The molecule has 0 unspecified atom stereocenters. The molecule has 0 fully saturated rings. The first kappa shape index (κ1) is 13.9. The van der Waals surface area contributed by atoms with E-state index in [0.717, 1.165) is 16.5 Å². The van der Waals surface area contributed by atoms with Gasteiger partial charge in [-0.3, -0.25) is 4.79 Å². The number of benzene rings is 2. The highest BCUT2D eigenvalue weighted by Crippen LogP contribution is 2.17. The zero-order valence-corrected chi connectivity index (χ0v) is 12.0. The maximum Gasteiger partial charge on any atom is 0.273 e. The molecule has 5 heteroatoms. The molecule has 5 nitrogen and oxygen atoms in total. The van der Waals surface area contributed by atoms with Gasteiger partial charge in [0.2, 0.25) is 0 Å². The zero-order valence-electron chi connectivity index (χ0n) is 12.0. The van der Waals surface area contributed by atoms with Crippen LogP contribution in [0.2, 0.25) is 0 Å². The smallest absolute Gasteiger partial charge is 0.273 e. The number of methoxy groups -OCH3 is 1. The lowest BCUT2D eigenvalue weighted by Crippen LogP contribution is -2.18. The Morgan fingerprint density at radius 1 is 1.18 bits per heavy atom. The van der Waals surface area contributed by atoms with Gasteiger partial charge in [0.05, 0.1) is 24.4 Å². The molecule has 2 aromatic carbocycles. The summed E-state index contributed by atoms with van der Waals surface area (Å²) in [4.78, 5) is 15.3. The Bertz CT molecular complexity index is 837. The zero-order chi connectivity index (χ0) is 15.4. The largest absolute Gasteiger partial charge is 0.496 e. The van der Waals surface area contributed by atoms with Crippen molar-refractivity contribution in [2.75, 3.05) is 7.11 Å². The van der Waals surface area contributed by atoms with Crippen LogP contribution >= 0.6 is 0 Å². The molecule has 2 N–H and O–H groups in total. The van der Waals surface area contributed by atoms with Gasteiger partial charge < -0.3 is 9.72 Å². The molecule has 0 bridgehead atoms. The van der Waals surface area contributed by atoms with E-state index in [1.807, 2.05) is 42.5 Å². The number of aromatic nitrogens is 1. The van der Waals surface area contributed by atoms with Crippen molar-refractivity contribution in [3.8, 4) is 5.75 Å². The van der Waals surface area contributed by atoms with Crippen LogP contribution in [0.5, 0.6) is 5.75 Å². The van der Waals surface area contributed by atoms with Gasteiger partial charge in [-0.25, -0.2) is 5.43 Å². The number of ether oxygens (including phenoxy) is 1. The second kappa shape index (κ2) is 6.13. The minimum Gasteiger partial charge on any atom is -0.496 e. The van der Waals surface area contributed by atoms with Crippen LogP contribution in [0.1, 0.15) is 15.9 Å². The first-order valence-electron chi connectivity index (χ1n) is 6.82. The van der Waals surface area contributed by atoms with Crippen LogP contribution in [0.3, 0.4) is 0 Å². The van der Waals surface area contributed by atoms with E-state index in [1.165, 1.54) is 0 Å². The van der Waals surface area contributed by atoms with E-state index < -0.39 is 0 Å². The van der Waals surface area contributed by atoms with E-state index in [9.17, 15) is 4.79 Å². The van der Waals surface area contributed by atoms with Crippen molar-refractivity contribution < 1.29 is 9.53 Å². The molecular formula is C17H15N3O2. The molecule has 1 heterocycles. The van der Waals surface area contributed by atoms with E-state index in [2.05, 4.69) is 15.5 Å². The first-order valence-corrected chi connectivity index (χ1v) is 6.82. The molecule has 3 rings (SSSR count). The number of para-hydroxylation sites is 2. The lowest BCUT2D eigenvalue weighted by molar-refractivity contribution is 0.0956. The van der Waals surface area contributed by atoms with Gasteiger partial charge in [0, 0.05) is 17.1 Å². The fourth-order valence-electron chi connectivity index (χ4n) is 2.27. The monoisotopic (exact) mass is 293 g/mol. The van der Waals surface area contributed by atoms with Crippen LogP contribution in [0.15, 0.2) is 59.8 Å². The maximum absolute atomic E-state index is 12.2. The Morgan fingerprint density at radius 2 is 2.05 bits per heavy atom. The second-order valence-corrected chi connectivity index (χ2v) is 4.69. The Kier molecular flexibility index (Phi) is 3.87. The highest BCUT2D eigenvalue weighted by atomic mass is 16.5.